The summed E-state index contributed by atoms with van der Waals surface area (Å²) in [5.74, 6) is 1.17. The molecule has 502 valence electrons. The Hall–Kier alpha value is -10.2. The van der Waals surface area contributed by atoms with E-state index in [1.54, 1.807) is 45.7 Å². The van der Waals surface area contributed by atoms with Gasteiger partial charge in [-0.2, -0.15) is 18.2 Å². The number of para-hydroxylation sites is 1. The molecule has 7 heteroatoms. The molecule has 3 aromatic heterocycles. The number of fused-ring (bicyclic) bond motifs is 4. The van der Waals surface area contributed by atoms with Gasteiger partial charge >= 0.3 is 0 Å². The van der Waals surface area contributed by atoms with Gasteiger partial charge in [0, 0.05) is 44.3 Å². The van der Waals surface area contributed by atoms with Crippen LogP contribution in [0.2, 0.25) is 0 Å². The molecule has 12 aromatic carbocycles. The zero-order chi connectivity index (χ0) is 90.2. The minimum absolute atomic E-state index is 0. The Morgan fingerprint density at radius 3 is 1.58 bits per heavy atom. The number of benzene rings is 12. The Bertz CT molecular complexity index is 6760. The van der Waals surface area contributed by atoms with Crippen LogP contribution in [0.1, 0.15) is 138 Å². The summed E-state index contributed by atoms with van der Waals surface area (Å²) in [5.41, 5.74) is 4.61. The first-order chi connectivity index (χ1) is 58.0. The van der Waals surface area contributed by atoms with Gasteiger partial charge in [0.15, 0.2) is 8.07 Å². The van der Waals surface area contributed by atoms with Gasteiger partial charge in [-0.05, 0) is 157 Å². The molecule has 0 unspecified atom stereocenters. The molecule has 0 atom stereocenters. The van der Waals surface area contributed by atoms with Crippen LogP contribution < -0.4 is 30.1 Å². The second kappa shape index (κ2) is 26.7. The van der Waals surface area contributed by atoms with Crippen molar-refractivity contribution in [2.75, 3.05) is 0 Å². The van der Waals surface area contributed by atoms with Crippen LogP contribution in [-0.4, -0.2) is 22.2 Å². The topological polar surface area (TPSA) is 35.9 Å². The molecule has 0 aliphatic heterocycles. The van der Waals surface area contributed by atoms with E-state index in [2.05, 4.69) is 66.1 Å². The van der Waals surface area contributed by atoms with Crippen molar-refractivity contribution in [3.8, 4) is 73.2 Å². The maximum atomic E-state index is 11.5. The molecule has 0 fully saturated rings. The quantitative estimate of drug-likeness (QED) is 0.0499. The van der Waals surface area contributed by atoms with Gasteiger partial charge < -0.3 is 13.9 Å². The number of hydrogen-bond donors (Lipinski definition) is 0. The van der Waals surface area contributed by atoms with E-state index in [1.165, 1.54) is 6.07 Å². The van der Waals surface area contributed by atoms with Crippen LogP contribution in [0.5, 0.6) is 11.5 Å². The molecule has 0 aliphatic rings. The largest absolute Gasteiger partial charge is 0.510 e. The molecule has 0 aliphatic carbocycles. The number of nitrogens with zero attached hydrogens (tertiary/aromatic N) is 4. The van der Waals surface area contributed by atoms with Crippen molar-refractivity contribution in [2.45, 2.75) is 105 Å². The van der Waals surface area contributed by atoms with Crippen LogP contribution >= 0.6 is 0 Å². The number of aromatic nitrogens is 4. The molecule has 0 saturated heterocycles. The molecule has 0 saturated carbocycles. The van der Waals surface area contributed by atoms with Crippen LogP contribution in [-0.2, 0) is 42.7 Å². The molecule has 0 bridgehead atoms. The van der Waals surface area contributed by atoms with Crippen LogP contribution in [0, 0.1) is 18.5 Å². The van der Waals surface area contributed by atoms with E-state index in [1.807, 2.05) is 143 Å². The van der Waals surface area contributed by atoms with Gasteiger partial charge in [-0.3, -0.25) is 4.57 Å². The number of imidazole rings is 1. The first-order valence-corrected chi connectivity index (χ1v) is 35.0. The van der Waals surface area contributed by atoms with Gasteiger partial charge in [0.1, 0.15) is 5.82 Å². The summed E-state index contributed by atoms with van der Waals surface area (Å²) in [6, 6.07) is 25.0. The summed E-state index contributed by atoms with van der Waals surface area (Å²) in [5, 5.41) is -2.43. The zero-order valence-electron chi connectivity index (χ0n) is 81.9. The average molecular weight is 1530 g/mol. The van der Waals surface area contributed by atoms with Crippen molar-refractivity contribution in [1.29, 1.82) is 0 Å². The summed E-state index contributed by atoms with van der Waals surface area (Å²) in [6.07, 6.45) is 5.44. The Labute approximate surface area is 645 Å². The Morgan fingerprint density at radius 1 is 0.416 bits per heavy atom. The summed E-state index contributed by atoms with van der Waals surface area (Å²) < 4.78 is 246. The molecule has 5 nitrogen and oxygen atoms in total. The minimum Gasteiger partial charge on any atom is -0.510 e. The fourth-order valence-corrected chi connectivity index (χ4v) is 16.5. The van der Waals surface area contributed by atoms with Crippen molar-refractivity contribution in [3.63, 3.8) is 0 Å². The summed E-state index contributed by atoms with van der Waals surface area (Å²) >= 11 is 0. The van der Waals surface area contributed by atoms with Gasteiger partial charge in [-0.15, -0.1) is 29.7 Å². The molecular weight excluding hydrogens is 1420 g/mol. The van der Waals surface area contributed by atoms with E-state index in [9.17, 15) is 27.4 Å². The van der Waals surface area contributed by atoms with E-state index in [0.29, 0.717) is 44.9 Å². The van der Waals surface area contributed by atoms with E-state index in [4.69, 9.17) is 15.2 Å². The van der Waals surface area contributed by atoms with Crippen molar-refractivity contribution in [1.82, 2.24) is 14.1 Å². The third-order valence-electron chi connectivity index (χ3n) is 18.3. The molecule has 101 heavy (non-hydrogen) atoms. The first kappa shape index (κ1) is 44.8. The second-order valence-electron chi connectivity index (χ2n) is 29.1. The predicted molar refractivity (Wildman–Crippen MR) is 420 cm³/mol. The molecule has 0 spiro atoms. The van der Waals surface area contributed by atoms with Crippen LogP contribution in [0.3, 0.4) is 0 Å². The average Bonchev–Trinajstić information content (AvgIpc) is 1.43. The summed E-state index contributed by atoms with van der Waals surface area (Å²) in [6.45, 7) is 24.7. The second-order valence-corrected chi connectivity index (χ2v) is 32.6. The van der Waals surface area contributed by atoms with Crippen molar-refractivity contribution in [2.24, 2.45) is 0 Å². The van der Waals surface area contributed by atoms with Crippen molar-refractivity contribution >= 4 is 61.7 Å². The van der Waals surface area contributed by atoms with Crippen LogP contribution in [0.25, 0.3) is 94.5 Å². The maximum absolute atomic E-state index is 11.5. The zero-order valence-corrected chi connectivity index (χ0v) is 61.1. The Kier molecular flexibility index (Phi) is 11.8. The van der Waals surface area contributed by atoms with E-state index in [0.717, 1.165) is 44.1 Å². The normalized spacial score (nSPS) is 15.6. The van der Waals surface area contributed by atoms with E-state index >= 15 is 0 Å². The molecular formula is C94H84N4OPtSi-2. The molecule has 3 heterocycles. The van der Waals surface area contributed by atoms with Gasteiger partial charge in [-0.25, -0.2) is 4.98 Å². The molecule has 0 N–H and O–H groups in total. The fourth-order valence-electron chi connectivity index (χ4n) is 12.9. The number of ether oxygens (including phenoxy) is 1. The molecule has 15 rings (SSSR count). The standard InChI is InChI=1S/C94H84N4OSi.Pt/c1-91(2,3)70-46-43-65(44-47-70)66-45-50-86-88(58-66)96(74-32-28-33-75(61-74)99-76-48-49-82-81-41-25-26-42-85(81)98(87(82)62-76)89-60-71(51-52-95-89)92(4,5)6)63-97(86)90-83(56-68(64-29-17-13-18-30-64)57-84(90)69-53-72(93(7,8)9)59-73(54-69)94(10,11)12)67-31-27-40-80(55-67)100(77-34-19-14-20-35-77,78-36-21-15-22-37-78)79-38-23-16-24-39-79;/h13-60H,1-12H3;/q-2;/i13D,14D,15D,16D,17D,18D,19D,20D,21D,22D,23D,24D,27D,29D,30D,31D,34D,35D,36D,37D,38D,39D,40D,55D;. The number of hydrogen-bond acceptors (Lipinski definition) is 2. The minimum atomic E-state index is -6.54. The maximum Gasteiger partial charge on any atom is 0.268 e. The van der Waals surface area contributed by atoms with Gasteiger partial charge in [0.2, 0.25) is 0 Å². The molecule has 0 amide bonds. The Morgan fingerprint density at radius 2 is 0.970 bits per heavy atom. The van der Waals surface area contributed by atoms with Crippen LogP contribution in [0.15, 0.2) is 291 Å². The monoisotopic (exact) mass is 1530 g/mol. The first-order valence-electron chi connectivity index (χ1n) is 45.0. The SMILES string of the molecule is [2H]c1c([2H])c([2H])c(-c2cc(-c3cc(C(C)(C)C)cc(C(C)(C)C)c3)c(-[n+]3[c-]n(-c4[c-]c(Oc5[c-]c6c(cc5)c5ccccc5n6-c5cc(C(C)(C)C)ccn5)ccc4)c4cc(-c5ccc(C(C)(C)C)cc5)ccc43)c(-c3c([2H])c([2H])c([2H])c([Si](c4c([2H])c([2H])c([2H])c([2H])c4[2H])(c4c([2H])c([2H])c([2H])c([2H])c4[2H])c4c([2H])c([2H])c([2H])c([2H])c4[2H])c3[2H])c2)c([2H])c1[2H].[Pt]. The summed E-state index contributed by atoms with van der Waals surface area (Å²) in [4.78, 5) is 4.88. The fraction of sp³-hybridized carbons (Fsp3) is 0.170. The van der Waals surface area contributed by atoms with Gasteiger partial charge in [-0.1, -0.05) is 306 Å². The van der Waals surface area contributed by atoms with E-state index in [-0.39, 0.29) is 60.0 Å². The third-order valence-corrected chi connectivity index (χ3v) is 22.3. The predicted octanol–water partition coefficient (Wildman–Crippen LogP) is 20.8. The summed E-state index contributed by atoms with van der Waals surface area (Å²) in [7, 11) is -6.54. The van der Waals surface area contributed by atoms with Crippen molar-refractivity contribution in [3.05, 3.63) is 331 Å². The smallest absolute Gasteiger partial charge is 0.268 e. The van der Waals surface area contributed by atoms with E-state index < -0.39 is 196 Å². The molecule has 15 aromatic rings. The van der Waals surface area contributed by atoms with Crippen molar-refractivity contribution < 1.29 is 63.3 Å². The van der Waals surface area contributed by atoms with Crippen LogP contribution in [0.4, 0.5) is 0 Å². The number of pyridine rings is 1. The van der Waals surface area contributed by atoms with Gasteiger partial charge in [0.05, 0.1) is 49.6 Å². The van der Waals surface area contributed by atoms with Gasteiger partial charge in [0.25, 0.3) is 6.33 Å². The third kappa shape index (κ3) is 13.0. The Balaban J connectivity index is 0.0000127. The number of rotatable bonds is 13. The molecule has 0 radical (unpaired) electrons.